The average molecular weight is 192 g/mol. The number of aromatic nitrogens is 1. The lowest BCUT2D eigenvalue weighted by atomic mass is 10.1. The summed E-state index contributed by atoms with van der Waals surface area (Å²) in [6, 6.07) is 4.09. The topological polar surface area (TPSA) is 24.9 Å². The van der Waals surface area contributed by atoms with Crippen molar-refractivity contribution in [2.45, 2.75) is 33.6 Å². The molecular weight excluding hydrogens is 172 g/mol. The molecule has 2 nitrogen and oxygen atoms in total. The molecule has 0 aliphatic heterocycles. The number of nitrogens with zero attached hydrogens (tertiary/aromatic N) is 1. The maximum Gasteiger partial charge on any atom is 0.0393 e. The first-order chi connectivity index (χ1) is 6.68. The van der Waals surface area contributed by atoms with Gasteiger partial charge in [0.25, 0.3) is 0 Å². The molecule has 0 radical (unpaired) electrons. The van der Waals surface area contributed by atoms with Crippen LogP contribution in [0.2, 0.25) is 0 Å². The van der Waals surface area contributed by atoms with Gasteiger partial charge in [-0.25, -0.2) is 0 Å². The molecule has 1 N–H and O–H groups in total. The fourth-order valence-corrected chi connectivity index (χ4v) is 1.40. The van der Waals surface area contributed by atoms with Crippen LogP contribution in [0, 0.1) is 12.8 Å². The van der Waals surface area contributed by atoms with E-state index >= 15 is 0 Å². The van der Waals surface area contributed by atoms with Crippen LogP contribution in [0.1, 0.15) is 32.4 Å². The van der Waals surface area contributed by atoms with Crippen molar-refractivity contribution < 1.29 is 0 Å². The number of hydrogen-bond donors (Lipinski definition) is 1. The summed E-state index contributed by atoms with van der Waals surface area (Å²) in [6.07, 6.45) is 4.37. The van der Waals surface area contributed by atoms with Crippen LogP contribution >= 0.6 is 0 Å². The molecule has 0 aromatic carbocycles. The van der Waals surface area contributed by atoms with E-state index in [2.05, 4.69) is 30.2 Å². The van der Waals surface area contributed by atoms with Crippen molar-refractivity contribution in [3.63, 3.8) is 0 Å². The van der Waals surface area contributed by atoms with Crippen molar-refractivity contribution in [2.75, 3.05) is 11.9 Å². The largest absolute Gasteiger partial charge is 0.385 e. The van der Waals surface area contributed by atoms with Crippen LogP contribution in [-0.4, -0.2) is 11.5 Å². The Morgan fingerprint density at radius 1 is 1.43 bits per heavy atom. The second-order valence-corrected chi connectivity index (χ2v) is 4.15. The minimum absolute atomic E-state index is 0.802. The smallest absolute Gasteiger partial charge is 0.0393 e. The van der Waals surface area contributed by atoms with Crippen LogP contribution in [0.5, 0.6) is 0 Å². The normalized spacial score (nSPS) is 10.6. The van der Waals surface area contributed by atoms with Gasteiger partial charge in [-0.1, -0.05) is 13.8 Å². The third-order valence-electron chi connectivity index (χ3n) is 2.18. The minimum atomic E-state index is 0.802. The van der Waals surface area contributed by atoms with Gasteiger partial charge >= 0.3 is 0 Å². The third-order valence-corrected chi connectivity index (χ3v) is 2.18. The lowest BCUT2D eigenvalue weighted by Crippen LogP contribution is -2.03. The first kappa shape index (κ1) is 11.0. The second-order valence-electron chi connectivity index (χ2n) is 4.15. The molecule has 78 valence electrons. The van der Waals surface area contributed by atoms with E-state index in [4.69, 9.17) is 0 Å². The zero-order valence-corrected chi connectivity index (χ0v) is 9.38. The molecule has 14 heavy (non-hydrogen) atoms. The Morgan fingerprint density at radius 2 is 2.21 bits per heavy atom. The van der Waals surface area contributed by atoms with Gasteiger partial charge < -0.3 is 5.32 Å². The Hall–Kier alpha value is -1.05. The molecule has 1 aromatic rings. The van der Waals surface area contributed by atoms with Crippen LogP contribution < -0.4 is 5.32 Å². The molecule has 0 bridgehead atoms. The van der Waals surface area contributed by atoms with Crippen LogP contribution in [0.15, 0.2) is 18.3 Å². The number of pyridine rings is 1. The highest BCUT2D eigenvalue weighted by molar-refractivity contribution is 5.42. The molecule has 0 fully saturated rings. The molecule has 0 saturated heterocycles. The van der Waals surface area contributed by atoms with Crippen molar-refractivity contribution in [3.05, 3.63) is 24.0 Å². The highest BCUT2D eigenvalue weighted by Crippen LogP contribution is 2.08. The molecule has 0 spiro atoms. The Bertz CT molecular complexity index is 269. The van der Waals surface area contributed by atoms with Gasteiger partial charge in [-0.3, -0.25) is 4.98 Å². The lowest BCUT2D eigenvalue weighted by molar-refractivity contribution is 0.567. The highest BCUT2D eigenvalue weighted by atomic mass is 14.9. The van der Waals surface area contributed by atoms with E-state index in [-0.39, 0.29) is 0 Å². The molecule has 1 heterocycles. The van der Waals surface area contributed by atoms with Crippen molar-refractivity contribution in [2.24, 2.45) is 5.92 Å². The second kappa shape index (κ2) is 5.63. The van der Waals surface area contributed by atoms with Gasteiger partial charge in [-0.05, 0) is 37.8 Å². The van der Waals surface area contributed by atoms with Crippen LogP contribution in [-0.2, 0) is 0 Å². The summed E-state index contributed by atoms with van der Waals surface area (Å²) >= 11 is 0. The first-order valence-corrected chi connectivity index (χ1v) is 5.35. The Balaban J connectivity index is 2.25. The minimum Gasteiger partial charge on any atom is -0.385 e. The van der Waals surface area contributed by atoms with E-state index in [1.807, 2.05) is 19.2 Å². The number of aryl methyl sites for hydroxylation is 1. The van der Waals surface area contributed by atoms with Crippen molar-refractivity contribution in [1.29, 1.82) is 0 Å². The zero-order chi connectivity index (χ0) is 10.4. The van der Waals surface area contributed by atoms with Crippen LogP contribution in [0.3, 0.4) is 0 Å². The van der Waals surface area contributed by atoms with Gasteiger partial charge in [0.15, 0.2) is 0 Å². The summed E-state index contributed by atoms with van der Waals surface area (Å²) in [5.41, 5.74) is 2.25. The van der Waals surface area contributed by atoms with Gasteiger partial charge in [0.05, 0.1) is 0 Å². The summed E-state index contributed by atoms with van der Waals surface area (Å²) in [6.45, 7) is 7.59. The standard InChI is InChI=1S/C12H20N2/c1-10(2)5-4-7-14-12-6-8-13-11(3)9-12/h6,8-10H,4-5,7H2,1-3H3,(H,13,14). The highest BCUT2D eigenvalue weighted by Gasteiger charge is 1.95. The van der Waals surface area contributed by atoms with Crippen molar-refractivity contribution >= 4 is 5.69 Å². The quantitative estimate of drug-likeness (QED) is 0.724. The Labute approximate surface area is 86.8 Å². The van der Waals surface area contributed by atoms with E-state index in [0.717, 1.165) is 18.2 Å². The maximum atomic E-state index is 4.16. The molecule has 1 aromatic heterocycles. The molecule has 1 rings (SSSR count). The predicted octanol–water partition coefficient (Wildman–Crippen LogP) is 3.24. The fourth-order valence-electron chi connectivity index (χ4n) is 1.40. The molecule has 0 aliphatic rings. The van der Waals surface area contributed by atoms with Gasteiger partial charge in [-0.2, -0.15) is 0 Å². The van der Waals surface area contributed by atoms with Crippen molar-refractivity contribution in [1.82, 2.24) is 4.98 Å². The van der Waals surface area contributed by atoms with Gasteiger partial charge in [-0.15, -0.1) is 0 Å². The maximum absolute atomic E-state index is 4.16. The van der Waals surface area contributed by atoms with E-state index in [1.54, 1.807) is 0 Å². The number of rotatable bonds is 5. The molecule has 0 saturated carbocycles. The van der Waals surface area contributed by atoms with E-state index in [0.29, 0.717) is 0 Å². The zero-order valence-electron chi connectivity index (χ0n) is 9.38. The van der Waals surface area contributed by atoms with Gasteiger partial charge in [0.2, 0.25) is 0 Å². The lowest BCUT2D eigenvalue weighted by Gasteiger charge is -2.07. The van der Waals surface area contributed by atoms with E-state index in [1.165, 1.54) is 18.5 Å². The molecule has 0 amide bonds. The molecule has 0 atom stereocenters. The van der Waals surface area contributed by atoms with Gasteiger partial charge in [0, 0.05) is 24.1 Å². The van der Waals surface area contributed by atoms with E-state index in [9.17, 15) is 0 Å². The SMILES string of the molecule is Cc1cc(NCCCC(C)C)ccn1. The average Bonchev–Trinajstić information content (AvgIpc) is 2.12. The van der Waals surface area contributed by atoms with E-state index < -0.39 is 0 Å². The fraction of sp³-hybridized carbons (Fsp3) is 0.583. The number of anilines is 1. The summed E-state index contributed by atoms with van der Waals surface area (Å²) in [4.78, 5) is 4.16. The molecule has 2 heteroatoms. The summed E-state index contributed by atoms with van der Waals surface area (Å²) in [5.74, 6) is 0.802. The summed E-state index contributed by atoms with van der Waals surface area (Å²) in [7, 11) is 0. The monoisotopic (exact) mass is 192 g/mol. The molecular formula is C12H20N2. The Kier molecular flexibility index (Phi) is 4.44. The first-order valence-electron chi connectivity index (χ1n) is 5.35. The summed E-state index contributed by atoms with van der Waals surface area (Å²) < 4.78 is 0. The molecule has 0 aliphatic carbocycles. The van der Waals surface area contributed by atoms with Gasteiger partial charge in [0.1, 0.15) is 0 Å². The van der Waals surface area contributed by atoms with Crippen LogP contribution in [0.25, 0.3) is 0 Å². The third kappa shape index (κ3) is 4.26. The number of hydrogen-bond acceptors (Lipinski definition) is 2. The van der Waals surface area contributed by atoms with Crippen molar-refractivity contribution in [3.8, 4) is 0 Å². The predicted molar refractivity (Wildman–Crippen MR) is 61.5 cm³/mol. The Morgan fingerprint density at radius 3 is 2.86 bits per heavy atom. The summed E-state index contributed by atoms with van der Waals surface area (Å²) in [5, 5.41) is 3.40. The molecule has 0 unspecified atom stereocenters. The number of nitrogens with one attached hydrogen (secondary N) is 1. The van der Waals surface area contributed by atoms with Crippen LogP contribution in [0.4, 0.5) is 5.69 Å².